The van der Waals surface area contributed by atoms with Crippen molar-refractivity contribution in [2.24, 2.45) is 4.99 Å². The van der Waals surface area contributed by atoms with E-state index in [1.54, 1.807) is 35.2 Å². The Morgan fingerprint density at radius 3 is 2.44 bits per heavy atom. The molecule has 2 aliphatic heterocycles. The molecule has 0 spiro atoms. The minimum absolute atomic E-state index is 0.140. The molecule has 0 N–H and O–H groups in total. The number of guanidine groups is 1. The van der Waals surface area contributed by atoms with Crippen LogP contribution in [0, 0.1) is 0 Å². The number of rotatable bonds is 2. The van der Waals surface area contributed by atoms with Gasteiger partial charge in [0.2, 0.25) is 0 Å². The van der Waals surface area contributed by atoms with Crippen LogP contribution in [0.15, 0.2) is 59.2 Å². The van der Waals surface area contributed by atoms with Crippen molar-refractivity contribution < 1.29 is 4.79 Å². The maximum atomic E-state index is 13.2. The van der Waals surface area contributed by atoms with Crippen molar-refractivity contribution in [3.63, 3.8) is 0 Å². The van der Waals surface area contributed by atoms with Crippen LogP contribution in [0.1, 0.15) is 5.56 Å². The zero-order chi connectivity index (χ0) is 18.8. The molecule has 27 heavy (non-hydrogen) atoms. The summed E-state index contributed by atoms with van der Waals surface area (Å²) >= 11 is 12.8. The van der Waals surface area contributed by atoms with E-state index in [1.807, 2.05) is 24.3 Å². The van der Waals surface area contributed by atoms with Crippen LogP contribution >= 0.6 is 23.2 Å². The van der Waals surface area contributed by atoms with Gasteiger partial charge in [0.15, 0.2) is 0 Å². The molecule has 0 aliphatic carbocycles. The van der Waals surface area contributed by atoms with Crippen LogP contribution < -0.4 is 4.90 Å². The molecular weight excluding hydrogens is 448 g/mol. The number of carbonyl (C=O) groups is 1. The molecule has 4 nitrogen and oxygen atoms in total. The van der Waals surface area contributed by atoms with E-state index in [9.17, 15) is 4.79 Å². The van der Waals surface area contributed by atoms with Gasteiger partial charge < -0.3 is 0 Å². The first-order valence-corrected chi connectivity index (χ1v) is 11.8. The Kier molecular flexibility index (Phi) is 5.55. The Balaban J connectivity index is 1.74. The van der Waals surface area contributed by atoms with E-state index in [2.05, 4.69) is 4.90 Å². The van der Waals surface area contributed by atoms with Crippen molar-refractivity contribution in [1.82, 2.24) is 4.90 Å². The van der Waals surface area contributed by atoms with E-state index in [0.29, 0.717) is 36.7 Å². The van der Waals surface area contributed by atoms with Gasteiger partial charge in [0.1, 0.15) is 0 Å². The average molecular weight is 465 g/mol. The third-order valence-electron chi connectivity index (χ3n) is 4.38. The topological polar surface area (TPSA) is 35.9 Å². The fourth-order valence-electron chi connectivity index (χ4n) is 3.05. The number of anilines is 1. The van der Waals surface area contributed by atoms with E-state index in [4.69, 9.17) is 28.2 Å². The number of aliphatic imine (C=N–C) groups is 1. The van der Waals surface area contributed by atoms with Crippen molar-refractivity contribution >= 4 is 61.8 Å². The Morgan fingerprint density at radius 2 is 1.74 bits per heavy atom. The number of hydrogen-bond donors (Lipinski definition) is 0. The number of nitrogens with zero attached hydrogens (tertiary/aromatic N) is 3. The van der Waals surface area contributed by atoms with Gasteiger partial charge >= 0.3 is 175 Å². The summed E-state index contributed by atoms with van der Waals surface area (Å²) in [6.07, 6.45) is 1.80. The predicted molar refractivity (Wildman–Crippen MR) is 113 cm³/mol. The van der Waals surface area contributed by atoms with Gasteiger partial charge in [0.05, 0.1) is 0 Å². The monoisotopic (exact) mass is 465 g/mol. The van der Waals surface area contributed by atoms with Crippen molar-refractivity contribution in [2.45, 2.75) is 10.6 Å². The number of amides is 1. The third-order valence-corrected chi connectivity index (χ3v) is 6.84. The number of halogens is 2. The first-order valence-electron chi connectivity index (χ1n) is 8.60. The summed E-state index contributed by atoms with van der Waals surface area (Å²) in [5, 5.41) is 3.59. The van der Waals surface area contributed by atoms with Crippen LogP contribution in [0.5, 0.6) is 0 Å². The molecule has 7 heteroatoms. The number of benzene rings is 2. The molecule has 138 valence electrons. The maximum absolute atomic E-state index is 13.2. The molecule has 2 heterocycles. The van der Waals surface area contributed by atoms with Gasteiger partial charge in [-0.15, -0.1) is 0 Å². The fourth-order valence-corrected chi connectivity index (χ4v) is 5.25. The van der Waals surface area contributed by atoms with Crippen LogP contribution in [0.2, 0.25) is 20.7 Å². The van der Waals surface area contributed by atoms with Gasteiger partial charge in [0, 0.05) is 0 Å². The average Bonchev–Trinajstić information content (AvgIpc) is 3.01. The van der Waals surface area contributed by atoms with Crippen LogP contribution in [0.25, 0.3) is 6.08 Å². The van der Waals surface area contributed by atoms with Gasteiger partial charge in [0.25, 0.3) is 0 Å². The Morgan fingerprint density at radius 1 is 1.00 bits per heavy atom. The molecule has 1 amide bonds. The predicted octanol–water partition coefficient (Wildman–Crippen LogP) is 4.59. The van der Waals surface area contributed by atoms with Gasteiger partial charge in [-0.05, 0) is 0 Å². The number of carbonyl (C=O) groups excluding carboxylic acids is 1. The quantitative estimate of drug-likeness (QED) is 0.481. The molecule has 4 rings (SSSR count). The summed E-state index contributed by atoms with van der Waals surface area (Å²) in [5.41, 5.74) is 2.05. The Labute approximate surface area is 174 Å². The Hall–Kier alpha value is -1.78. The molecule has 2 aromatic carbocycles. The second-order valence-electron chi connectivity index (χ2n) is 6.21. The summed E-state index contributed by atoms with van der Waals surface area (Å²) in [6.45, 7) is 1.86. The summed E-state index contributed by atoms with van der Waals surface area (Å²) in [4.78, 5) is 21.8. The summed E-state index contributed by atoms with van der Waals surface area (Å²) in [5.74, 6) is 0.552. The van der Waals surface area contributed by atoms with Crippen molar-refractivity contribution in [2.75, 3.05) is 18.0 Å². The summed E-state index contributed by atoms with van der Waals surface area (Å²) in [7, 11) is 0. The van der Waals surface area contributed by atoms with Crippen molar-refractivity contribution in [1.29, 1.82) is 0 Å². The molecular formula is C20H17Cl2N3OSe. The number of hydrogen-bond acceptors (Lipinski definition) is 3. The molecule has 0 saturated carbocycles. The molecule has 1 saturated heterocycles. The molecule has 2 aliphatic rings. The van der Waals surface area contributed by atoms with E-state index in [1.165, 1.54) is 10.6 Å². The SMILES string of the molecule is O=C1/C(=C/c2ccc(Cl)cc2)N=C(N2CC[Se]CC2)N1c1cccc(Cl)c1. The second-order valence-corrected chi connectivity index (χ2v) is 9.66. The zero-order valence-electron chi connectivity index (χ0n) is 14.4. The fraction of sp³-hybridized carbons (Fsp3) is 0.200. The Bertz CT molecular complexity index is 921. The molecule has 0 unspecified atom stereocenters. The van der Waals surface area contributed by atoms with Crippen LogP contribution in [0.3, 0.4) is 0 Å². The van der Waals surface area contributed by atoms with Crippen molar-refractivity contribution in [3.8, 4) is 0 Å². The molecule has 2 aromatic rings. The normalized spacial score (nSPS) is 19.0. The molecule has 0 bridgehead atoms. The molecule has 0 radical (unpaired) electrons. The zero-order valence-corrected chi connectivity index (χ0v) is 17.7. The van der Waals surface area contributed by atoms with Gasteiger partial charge in [-0.2, -0.15) is 0 Å². The van der Waals surface area contributed by atoms with E-state index in [0.717, 1.165) is 24.3 Å². The third kappa shape index (κ3) is 4.07. The van der Waals surface area contributed by atoms with E-state index >= 15 is 0 Å². The second kappa shape index (κ2) is 8.07. The van der Waals surface area contributed by atoms with E-state index < -0.39 is 0 Å². The van der Waals surface area contributed by atoms with Crippen molar-refractivity contribution in [3.05, 3.63) is 69.8 Å². The summed E-state index contributed by atoms with van der Waals surface area (Å²) in [6, 6.07) is 14.7. The van der Waals surface area contributed by atoms with Gasteiger partial charge in [-0.25, -0.2) is 0 Å². The van der Waals surface area contributed by atoms with Crippen LogP contribution in [0.4, 0.5) is 5.69 Å². The first kappa shape index (κ1) is 18.6. The first-order chi connectivity index (χ1) is 13.1. The molecule has 1 fully saturated rings. The minimum atomic E-state index is -0.140. The van der Waals surface area contributed by atoms with Gasteiger partial charge in [-0.3, -0.25) is 0 Å². The molecule has 0 atom stereocenters. The van der Waals surface area contributed by atoms with Crippen LogP contribution in [-0.2, 0) is 4.79 Å². The van der Waals surface area contributed by atoms with E-state index in [-0.39, 0.29) is 5.91 Å². The summed E-state index contributed by atoms with van der Waals surface area (Å²) < 4.78 is 0. The van der Waals surface area contributed by atoms with Gasteiger partial charge in [-0.1, -0.05) is 0 Å². The standard InChI is InChI=1S/C20H17Cl2N3OSe/c21-15-6-4-14(5-7-15)12-18-19(26)25(17-3-1-2-16(22)13-17)20(23-18)24-8-10-27-11-9-24/h1-7,12-13H,8-11H2/b18-12-. The molecule has 0 aromatic heterocycles. The van der Waals surface area contributed by atoms with Crippen LogP contribution in [-0.4, -0.2) is 44.8 Å².